The summed E-state index contributed by atoms with van der Waals surface area (Å²) >= 11 is 0. The maximum Gasteiger partial charge on any atom is 0.251 e. The highest BCUT2D eigenvalue weighted by atomic mass is 16.5. The molecule has 2 atom stereocenters. The number of hydrogen-bond acceptors (Lipinski definition) is 5. The van der Waals surface area contributed by atoms with Crippen molar-refractivity contribution in [2.24, 2.45) is 0 Å². The van der Waals surface area contributed by atoms with Gasteiger partial charge in [-0.15, -0.1) is 0 Å². The van der Waals surface area contributed by atoms with Crippen molar-refractivity contribution in [2.45, 2.75) is 31.8 Å². The van der Waals surface area contributed by atoms with E-state index in [2.05, 4.69) is 11.8 Å². The van der Waals surface area contributed by atoms with Gasteiger partial charge < -0.3 is 9.47 Å². The Kier molecular flexibility index (Phi) is 5.10. The molecule has 1 fully saturated rings. The SMILES string of the molecule is COc1cc2c(cc1OC)[C@@H](C)N([C@@H]1CC(=O)N(c3cccc4ccccc34)C1=O)CC2. The van der Waals surface area contributed by atoms with Gasteiger partial charge in [0.25, 0.3) is 5.91 Å². The van der Waals surface area contributed by atoms with Gasteiger partial charge in [-0.2, -0.15) is 0 Å². The zero-order valence-electron chi connectivity index (χ0n) is 18.5. The fourth-order valence-electron chi connectivity index (χ4n) is 5.12. The van der Waals surface area contributed by atoms with Crippen molar-refractivity contribution < 1.29 is 19.1 Å². The van der Waals surface area contributed by atoms with Crippen molar-refractivity contribution in [2.75, 3.05) is 25.7 Å². The second kappa shape index (κ2) is 7.95. The molecule has 164 valence electrons. The van der Waals surface area contributed by atoms with Gasteiger partial charge in [0.1, 0.15) is 0 Å². The van der Waals surface area contributed by atoms with Crippen LogP contribution in [0.2, 0.25) is 0 Å². The number of ether oxygens (including phenoxy) is 2. The number of amides is 2. The average molecular weight is 431 g/mol. The molecule has 2 aliphatic heterocycles. The zero-order valence-corrected chi connectivity index (χ0v) is 18.5. The highest BCUT2D eigenvalue weighted by Crippen LogP contribution is 2.41. The number of imide groups is 1. The summed E-state index contributed by atoms with van der Waals surface area (Å²) < 4.78 is 10.9. The molecule has 0 unspecified atom stereocenters. The molecule has 6 nitrogen and oxygen atoms in total. The summed E-state index contributed by atoms with van der Waals surface area (Å²) in [5.74, 6) is 1.08. The van der Waals surface area contributed by atoms with E-state index in [1.54, 1.807) is 14.2 Å². The molecule has 5 rings (SSSR count). The van der Waals surface area contributed by atoms with Gasteiger partial charge in [-0.1, -0.05) is 36.4 Å². The van der Waals surface area contributed by atoms with Gasteiger partial charge in [-0.3, -0.25) is 14.5 Å². The van der Waals surface area contributed by atoms with Gasteiger partial charge in [-0.05, 0) is 48.1 Å². The van der Waals surface area contributed by atoms with Crippen LogP contribution in [0.25, 0.3) is 10.8 Å². The largest absolute Gasteiger partial charge is 0.493 e. The Morgan fingerprint density at radius 3 is 2.44 bits per heavy atom. The molecule has 3 aromatic carbocycles. The van der Waals surface area contributed by atoms with Crippen molar-refractivity contribution in [1.29, 1.82) is 0 Å². The highest BCUT2D eigenvalue weighted by molar-refractivity contribution is 6.25. The lowest BCUT2D eigenvalue weighted by atomic mass is 9.91. The van der Waals surface area contributed by atoms with E-state index < -0.39 is 6.04 Å². The number of hydrogen-bond donors (Lipinski definition) is 0. The average Bonchev–Trinajstić information content (AvgIpc) is 3.11. The number of nitrogens with zero attached hydrogens (tertiary/aromatic N) is 2. The highest BCUT2D eigenvalue weighted by Gasteiger charge is 2.45. The second-order valence-electron chi connectivity index (χ2n) is 8.36. The molecule has 0 N–H and O–H groups in total. The minimum atomic E-state index is -0.474. The van der Waals surface area contributed by atoms with E-state index in [-0.39, 0.29) is 24.3 Å². The van der Waals surface area contributed by atoms with Crippen LogP contribution in [0.5, 0.6) is 11.5 Å². The van der Waals surface area contributed by atoms with E-state index in [0.717, 1.165) is 22.8 Å². The maximum absolute atomic E-state index is 13.6. The van der Waals surface area contributed by atoms with Gasteiger partial charge in [-0.25, -0.2) is 4.90 Å². The summed E-state index contributed by atoms with van der Waals surface area (Å²) in [6, 6.07) is 17.1. The van der Waals surface area contributed by atoms with Crippen LogP contribution in [0.3, 0.4) is 0 Å². The van der Waals surface area contributed by atoms with E-state index >= 15 is 0 Å². The fraction of sp³-hybridized carbons (Fsp3) is 0.308. The molecular weight excluding hydrogens is 404 g/mol. The minimum Gasteiger partial charge on any atom is -0.493 e. The summed E-state index contributed by atoms with van der Waals surface area (Å²) in [6.45, 7) is 2.79. The van der Waals surface area contributed by atoms with Crippen molar-refractivity contribution in [3.8, 4) is 11.5 Å². The lowest BCUT2D eigenvalue weighted by Gasteiger charge is -2.38. The number of methoxy groups -OCH3 is 2. The van der Waals surface area contributed by atoms with Crippen LogP contribution >= 0.6 is 0 Å². The van der Waals surface area contributed by atoms with Crippen LogP contribution in [0, 0.1) is 0 Å². The predicted molar refractivity (Wildman–Crippen MR) is 123 cm³/mol. The molecule has 6 heteroatoms. The topological polar surface area (TPSA) is 59.1 Å². The van der Waals surface area contributed by atoms with Crippen molar-refractivity contribution in [3.63, 3.8) is 0 Å². The van der Waals surface area contributed by atoms with Crippen molar-refractivity contribution in [1.82, 2.24) is 4.90 Å². The third-order valence-corrected chi connectivity index (χ3v) is 6.76. The lowest BCUT2D eigenvalue weighted by Crippen LogP contribution is -2.46. The van der Waals surface area contributed by atoms with Gasteiger partial charge in [0.2, 0.25) is 5.91 Å². The molecule has 3 aromatic rings. The summed E-state index contributed by atoms with van der Waals surface area (Å²) in [4.78, 5) is 30.2. The van der Waals surface area contributed by atoms with E-state index in [4.69, 9.17) is 9.47 Å². The van der Waals surface area contributed by atoms with E-state index in [9.17, 15) is 9.59 Å². The van der Waals surface area contributed by atoms with Gasteiger partial charge in [0, 0.05) is 18.0 Å². The Morgan fingerprint density at radius 1 is 0.938 bits per heavy atom. The number of fused-ring (bicyclic) bond motifs is 2. The zero-order chi connectivity index (χ0) is 22.4. The van der Waals surface area contributed by atoms with Gasteiger partial charge in [0.05, 0.1) is 32.4 Å². The van der Waals surface area contributed by atoms with E-state index in [1.165, 1.54) is 10.5 Å². The molecule has 0 aliphatic carbocycles. The number of benzene rings is 3. The first-order chi connectivity index (χ1) is 15.5. The Balaban J connectivity index is 1.48. The lowest BCUT2D eigenvalue weighted by molar-refractivity contribution is -0.123. The Hall–Kier alpha value is -3.38. The van der Waals surface area contributed by atoms with Crippen LogP contribution in [-0.4, -0.2) is 43.5 Å². The van der Waals surface area contributed by atoms with Crippen LogP contribution in [0.1, 0.15) is 30.5 Å². The summed E-state index contributed by atoms with van der Waals surface area (Å²) in [6.07, 6.45) is 0.973. The molecule has 0 saturated carbocycles. The number of anilines is 1. The van der Waals surface area contributed by atoms with E-state index in [0.29, 0.717) is 23.7 Å². The number of rotatable bonds is 4. The van der Waals surface area contributed by atoms with Crippen molar-refractivity contribution >= 4 is 28.3 Å². The summed E-state index contributed by atoms with van der Waals surface area (Å²) in [5.41, 5.74) is 2.96. The fourth-order valence-corrected chi connectivity index (χ4v) is 5.12. The smallest absolute Gasteiger partial charge is 0.251 e. The normalized spacial score (nSPS) is 21.2. The van der Waals surface area contributed by atoms with Crippen LogP contribution < -0.4 is 14.4 Å². The third-order valence-electron chi connectivity index (χ3n) is 6.76. The first-order valence-electron chi connectivity index (χ1n) is 10.9. The molecule has 2 heterocycles. The first kappa shape index (κ1) is 20.5. The Morgan fingerprint density at radius 2 is 1.66 bits per heavy atom. The molecule has 0 bridgehead atoms. The molecule has 32 heavy (non-hydrogen) atoms. The quantitative estimate of drug-likeness (QED) is 0.583. The molecular formula is C26H26N2O4. The third kappa shape index (κ3) is 3.14. The summed E-state index contributed by atoms with van der Waals surface area (Å²) in [7, 11) is 3.25. The minimum absolute atomic E-state index is 0.0206. The monoisotopic (exact) mass is 430 g/mol. The second-order valence-corrected chi connectivity index (χ2v) is 8.36. The molecule has 2 aliphatic rings. The van der Waals surface area contributed by atoms with Crippen LogP contribution in [0.4, 0.5) is 5.69 Å². The van der Waals surface area contributed by atoms with Crippen LogP contribution in [0.15, 0.2) is 54.6 Å². The number of carbonyl (C=O) groups is 2. The maximum atomic E-state index is 13.6. The number of carbonyl (C=O) groups excluding carboxylic acids is 2. The van der Waals surface area contributed by atoms with Gasteiger partial charge >= 0.3 is 0 Å². The van der Waals surface area contributed by atoms with Gasteiger partial charge in [0.15, 0.2) is 11.5 Å². The standard InChI is InChI=1S/C26H26N2O4/c1-16-20-14-24(32-3)23(31-2)13-18(20)11-12-27(16)22-15-25(29)28(26(22)30)21-10-6-8-17-7-4-5-9-19(17)21/h4-10,13-14,16,22H,11-12,15H2,1-3H3/t16-,22-/m1/s1. The summed E-state index contributed by atoms with van der Waals surface area (Å²) in [5, 5.41) is 1.92. The molecule has 1 saturated heterocycles. The predicted octanol–water partition coefficient (Wildman–Crippen LogP) is 4.11. The van der Waals surface area contributed by atoms with Crippen LogP contribution in [-0.2, 0) is 16.0 Å². The Bertz CT molecular complexity index is 1220. The molecule has 0 radical (unpaired) electrons. The first-order valence-corrected chi connectivity index (χ1v) is 10.9. The molecule has 2 amide bonds. The molecule has 0 spiro atoms. The van der Waals surface area contributed by atoms with E-state index in [1.807, 2.05) is 54.6 Å². The molecule has 0 aromatic heterocycles. The Labute approximate surface area is 187 Å². The van der Waals surface area contributed by atoms with Crippen molar-refractivity contribution in [3.05, 3.63) is 65.7 Å².